The minimum Gasteiger partial charge on any atom is -0.365 e. The second-order valence-corrected chi connectivity index (χ2v) is 8.97. The molecule has 0 bridgehead atoms. The number of piperidine rings is 1. The van der Waals surface area contributed by atoms with E-state index in [0.717, 1.165) is 31.4 Å². The van der Waals surface area contributed by atoms with Gasteiger partial charge in [-0.3, -0.25) is 10.2 Å². The molecule has 11 heteroatoms. The van der Waals surface area contributed by atoms with Crippen molar-refractivity contribution in [3.63, 3.8) is 0 Å². The van der Waals surface area contributed by atoms with Gasteiger partial charge in [0.1, 0.15) is 11.3 Å². The third kappa shape index (κ3) is 4.98. The summed E-state index contributed by atoms with van der Waals surface area (Å²) in [4.78, 5) is 11.5. The van der Waals surface area contributed by atoms with Crippen LogP contribution in [0.1, 0.15) is 35.2 Å². The van der Waals surface area contributed by atoms with Crippen molar-refractivity contribution in [1.29, 1.82) is 5.41 Å². The molecule has 0 atom stereocenters. The largest absolute Gasteiger partial charge is 0.365 e. The molecule has 2 aromatic rings. The zero-order chi connectivity index (χ0) is 20.5. The van der Waals surface area contributed by atoms with E-state index in [4.69, 9.17) is 22.7 Å². The number of benzene rings is 1. The Morgan fingerprint density at radius 3 is 2.48 bits per heavy atom. The van der Waals surface area contributed by atoms with Crippen molar-refractivity contribution in [3.05, 3.63) is 57.9 Å². The number of hydrogen-bond acceptors (Lipinski definition) is 4. The third-order valence-electron chi connectivity index (χ3n) is 4.67. The summed E-state index contributed by atoms with van der Waals surface area (Å²) in [5.74, 6) is -1.43. The number of hydrogen-bond donors (Lipinski definition) is 2. The van der Waals surface area contributed by atoms with E-state index in [0.29, 0.717) is 13.1 Å². The van der Waals surface area contributed by atoms with E-state index in [2.05, 4.69) is 0 Å². The number of aromatic nitrogens is 1. The summed E-state index contributed by atoms with van der Waals surface area (Å²) >= 11 is 6.00. The van der Waals surface area contributed by atoms with Crippen molar-refractivity contribution >= 4 is 39.9 Å². The number of nitrogens with one attached hydrogen (secondary N) is 1. The van der Waals surface area contributed by atoms with E-state index in [9.17, 15) is 17.6 Å². The lowest BCUT2D eigenvalue weighted by molar-refractivity contribution is 0.0997. The van der Waals surface area contributed by atoms with E-state index in [1.165, 1.54) is 27.2 Å². The fourth-order valence-electron chi connectivity index (χ4n) is 3.28. The Hall–Kier alpha value is -1.94. The highest BCUT2D eigenvalue weighted by Crippen LogP contribution is 2.25. The van der Waals surface area contributed by atoms with E-state index in [1.54, 1.807) is 0 Å². The molecule has 1 fully saturated rings. The molecule has 1 aliphatic rings. The molecule has 2 heterocycles. The van der Waals surface area contributed by atoms with E-state index < -0.39 is 21.7 Å². The molecular weight excluding hydrogens is 442 g/mol. The molecule has 1 aromatic carbocycles. The first-order valence-electron chi connectivity index (χ1n) is 8.73. The number of amides is 1. The van der Waals surface area contributed by atoms with Crippen molar-refractivity contribution in [1.82, 2.24) is 8.87 Å². The Morgan fingerprint density at radius 1 is 1.21 bits per heavy atom. The molecule has 1 saturated heterocycles. The van der Waals surface area contributed by atoms with Gasteiger partial charge in [-0.2, -0.15) is 4.31 Å². The fourth-order valence-corrected chi connectivity index (χ4v) is 5.21. The molecule has 1 aromatic heterocycles. The van der Waals surface area contributed by atoms with Crippen molar-refractivity contribution in [2.75, 3.05) is 13.1 Å². The summed E-state index contributed by atoms with van der Waals surface area (Å²) in [6, 6.07) is 4.71. The number of halogens is 3. The first-order valence-corrected chi connectivity index (χ1v) is 10.5. The lowest BCUT2D eigenvalue weighted by atomic mass is 10.2. The van der Waals surface area contributed by atoms with Crippen LogP contribution in [0.15, 0.2) is 35.4 Å². The van der Waals surface area contributed by atoms with Gasteiger partial charge in [0.2, 0.25) is 10.0 Å². The number of nitrogens with two attached hydrogens (primary N) is 1. The smallest absolute Gasteiger partial charge is 0.252 e. The van der Waals surface area contributed by atoms with Crippen LogP contribution < -0.4 is 11.2 Å². The Kier molecular flexibility index (Phi) is 7.45. The molecule has 1 aliphatic heterocycles. The van der Waals surface area contributed by atoms with Crippen LogP contribution in [-0.4, -0.2) is 36.3 Å². The van der Waals surface area contributed by atoms with E-state index in [-0.39, 0.29) is 45.5 Å². The van der Waals surface area contributed by atoms with Gasteiger partial charge in [-0.15, -0.1) is 12.4 Å². The maximum absolute atomic E-state index is 13.9. The summed E-state index contributed by atoms with van der Waals surface area (Å²) in [6.07, 6.45) is 3.90. The van der Waals surface area contributed by atoms with E-state index in [1.807, 2.05) is 0 Å². The number of primary amides is 1. The topological polar surface area (TPSA) is 109 Å². The Balaban J connectivity index is 0.00000300. The van der Waals surface area contributed by atoms with Gasteiger partial charge in [-0.25, -0.2) is 12.8 Å². The fraction of sp³-hybridized carbons (Fsp3) is 0.333. The van der Waals surface area contributed by atoms with Crippen LogP contribution in [0.2, 0.25) is 5.02 Å². The molecule has 1 amide bonds. The average molecular weight is 463 g/mol. The van der Waals surface area contributed by atoms with Gasteiger partial charge in [0.15, 0.2) is 0 Å². The van der Waals surface area contributed by atoms with Crippen molar-refractivity contribution in [2.24, 2.45) is 5.73 Å². The van der Waals surface area contributed by atoms with Gasteiger partial charge < -0.3 is 10.3 Å². The maximum Gasteiger partial charge on any atom is 0.252 e. The second kappa shape index (κ2) is 9.25. The predicted molar refractivity (Wildman–Crippen MR) is 109 cm³/mol. The van der Waals surface area contributed by atoms with Crippen LogP contribution in [0.25, 0.3) is 0 Å². The minimum absolute atomic E-state index is 0. The highest BCUT2D eigenvalue weighted by molar-refractivity contribution is 7.89. The number of sulfonamides is 1. The lowest BCUT2D eigenvalue weighted by Gasteiger charge is -2.27. The molecule has 29 heavy (non-hydrogen) atoms. The van der Waals surface area contributed by atoms with Gasteiger partial charge in [0.05, 0.1) is 22.0 Å². The highest BCUT2D eigenvalue weighted by atomic mass is 35.5. The first kappa shape index (κ1) is 23.3. The monoisotopic (exact) mass is 462 g/mol. The highest BCUT2D eigenvalue weighted by Gasteiger charge is 2.28. The van der Waals surface area contributed by atoms with Gasteiger partial charge >= 0.3 is 0 Å². The molecule has 7 nitrogen and oxygen atoms in total. The summed E-state index contributed by atoms with van der Waals surface area (Å²) in [5.41, 5.74) is 5.10. The molecule has 3 N–H and O–H groups in total. The normalized spacial score (nSPS) is 15.0. The first-order chi connectivity index (χ1) is 13.2. The van der Waals surface area contributed by atoms with Crippen molar-refractivity contribution < 1.29 is 17.6 Å². The van der Waals surface area contributed by atoms with Crippen LogP contribution >= 0.6 is 24.0 Å². The number of carbonyl (C=O) groups is 1. The SMILES string of the molecule is Cl.N=c1c(C(N)=O)cc(Cl)cn1Cc1cc(F)ccc1S(=O)(=O)N1CCCCC1. The molecule has 0 unspecified atom stereocenters. The zero-order valence-corrected chi connectivity index (χ0v) is 17.8. The van der Waals surface area contributed by atoms with Crippen LogP contribution in [0.4, 0.5) is 4.39 Å². The molecule has 158 valence electrons. The van der Waals surface area contributed by atoms with Crippen LogP contribution in [-0.2, 0) is 16.6 Å². The second-order valence-electron chi connectivity index (χ2n) is 6.63. The van der Waals surface area contributed by atoms with Gasteiger partial charge in [0, 0.05) is 19.3 Å². The van der Waals surface area contributed by atoms with Gasteiger partial charge in [-0.05, 0) is 42.7 Å². The van der Waals surface area contributed by atoms with Crippen LogP contribution in [0.5, 0.6) is 0 Å². The minimum atomic E-state index is -3.81. The Bertz CT molecular complexity index is 1080. The number of pyridine rings is 1. The molecular formula is C18H21Cl2FN4O3S. The predicted octanol–water partition coefficient (Wildman–Crippen LogP) is 2.50. The van der Waals surface area contributed by atoms with Gasteiger partial charge in [-0.1, -0.05) is 18.0 Å². The molecule has 0 aliphatic carbocycles. The summed E-state index contributed by atoms with van der Waals surface area (Å²) in [7, 11) is -3.81. The summed E-state index contributed by atoms with van der Waals surface area (Å²) in [5, 5.41) is 8.30. The third-order valence-corrected chi connectivity index (χ3v) is 6.87. The lowest BCUT2D eigenvalue weighted by Crippen LogP contribution is -2.36. The summed E-state index contributed by atoms with van der Waals surface area (Å²) in [6.45, 7) is 0.678. The van der Waals surface area contributed by atoms with Crippen LogP contribution in [0, 0.1) is 11.2 Å². The molecule has 0 spiro atoms. The molecule has 0 saturated carbocycles. The number of rotatable bonds is 5. The summed E-state index contributed by atoms with van der Waals surface area (Å²) < 4.78 is 42.7. The van der Waals surface area contributed by atoms with Crippen molar-refractivity contribution in [2.45, 2.75) is 30.7 Å². The van der Waals surface area contributed by atoms with Gasteiger partial charge in [0.25, 0.3) is 5.91 Å². The average Bonchev–Trinajstić information content (AvgIpc) is 2.65. The number of carbonyl (C=O) groups excluding carboxylic acids is 1. The molecule has 0 radical (unpaired) electrons. The Labute approximate surface area is 179 Å². The zero-order valence-electron chi connectivity index (χ0n) is 15.4. The maximum atomic E-state index is 13.9. The van der Waals surface area contributed by atoms with Crippen LogP contribution in [0.3, 0.4) is 0 Å². The van der Waals surface area contributed by atoms with Crippen molar-refractivity contribution in [3.8, 4) is 0 Å². The standard InChI is InChI=1S/C18H20ClFN4O3S.ClH/c19-13-9-15(18(22)25)17(21)23(11-13)10-12-8-14(20)4-5-16(12)28(26,27)24-6-2-1-3-7-24;/h4-5,8-9,11,21H,1-3,6-7,10H2,(H2,22,25);1H. The molecule has 3 rings (SSSR count). The Morgan fingerprint density at radius 2 is 1.86 bits per heavy atom. The van der Waals surface area contributed by atoms with E-state index >= 15 is 0 Å². The number of nitrogens with zero attached hydrogens (tertiary/aromatic N) is 2. The quantitative estimate of drug-likeness (QED) is 0.711.